The summed E-state index contributed by atoms with van der Waals surface area (Å²) in [4.78, 5) is 23.5. The van der Waals surface area contributed by atoms with Gasteiger partial charge >= 0.3 is 5.97 Å². The summed E-state index contributed by atoms with van der Waals surface area (Å²) in [6, 6.07) is 3.49. The summed E-state index contributed by atoms with van der Waals surface area (Å²) in [5.41, 5.74) is 0.716. The predicted molar refractivity (Wildman–Crippen MR) is 87.3 cm³/mol. The fourth-order valence-electron chi connectivity index (χ4n) is 1.45. The fourth-order valence-corrected chi connectivity index (χ4v) is 2.90. The summed E-state index contributed by atoms with van der Waals surface area (Å²) in [5, 5.41) is 8.61. The summed E-state index contributed by atoms with van der Waals surface area (Å²) in [6.45, 7) is 0.262. The first-order chi connectivity index (χ1) is 9.81. The van der Waals surface area contributed by atoms with Crippen LogP contribution in [0.3, 0.4) is 0 Å². The van der Waals surface area contributed by atoms with Crippen molar-refractivity contribution in [2.75, 3.05) is 20.7 Å². The second kappa shape index (κ2) is 8.19. The molecule has 5 nitrogen and oxygen atoms in total. The molecule has 0 saturated carbocycles. The van der Waals surface area contributed by atoms with Gasteiger partial charge in [-0.1, -0.05) is 0 Å². The molecule has 7 heteroatoms. The number of halogens is 2. The minimum Gasteiger partial charge on any atom is -0.491 e. The van der Waals surface area contributed by atoms with E-state index >= 15 is 0 Å². The van der Waals surface area contributed by atoms with Gasteiger partial charge in [-0.3, -0.25) is 4.79 Å². The Kier molecular flexibility index (Phi) is 6.91. The molecule has 0 spiro atoms. The highest BCUT2D eigenvalue weighted by atomic mass is 79.9. The van der Waals surface area contributed by atoms with Gasteiger partial charge in [0.05, 0.1) is 22.0 Å². The van der Waals surface area contributed by atoms with Crippen LogP contribution in [0.2, 0.25) is 0 Å². The molecule has 114 valence electrons. The van der Waals surface area contributed by atoms with Gasteiger partial charge in [0.25, 0.3) is 0 Å². The molecule has 0 unspecified atom stereocenters. The minimum atomic E-state index is -1.01. The Morgan fingerprint density at radius 3 is 2.33 bits per heavy atom. The Bertz CT molecular complexity index is 547. The van der Waals surface area contributed by atoms with E-state index in [0.29, 0.717) is 20.3 Å². The third-order valence-electron chi connectivity index (χ3n) is 2.50. The highest BCUT2D eigenvalue weighted by Gasteiger charge is 2.10. The van der Waals surface area contributed by atoms with E-state index in [1.165, 1.54) is 11.0 Å². The molecule has 1 amide bonds. The summed E-state index contributed by atoms with van der Waals surface area (Å²) in [7, 11) is 3.38. The average molecular weight is 421 g/mol. The van der Waals surface area contributed by atoms with Gasteiger partial charge in [-0.2, -0.15) is 0 Å². The lowest BCUT2D eigenvalue weighted by Gasteiger charge is -2.13. The summed E-state index contributed by atoms with van der Waals surface area (Å²) < 4.78 is 6.95. The van der Waals surface area contributed by atoms with Crippen LogP contribution in [-0.2, 0) is 9.59 Å². The van der Waals surface area contributed by atoms with Crippen molar-refractivity contribution in [3.05, 3.63) is 32.7 Å². The van der Waals surface area contributed by atoms with Gasteiger partial charge in [-0.25, -0.2) is 4.79 Å². The number of benzene rings is 1. The van der Waals surface area contributed by atoms with Crippen LogP contribution in [0.25, 0.3) is 6.08 Å². The average Bonchev–Trinajstić information content (AvgIpc) is 2.39. The van der Waals surface area contributed by atoms with Gasteiger partial charge in [0.15, 0.2) is 0 Å². The van der Waals surface area contributed by atoms with Crippen molar-refractivity contribution >= 4 is 49.8 Å². The molecule has 21 heavy (non-hydrogen) atoms. The first kappa shape index (κ1) is 17.7. The summed E-state index contributed by atoms with van der Waals surface area (Å²) >= 11 is 6.74. The molecule has 0 bridgehead atoms. The van der Waals surface area contributed by atoms with Gasteiger partial charge in [0, 0.05) is 20.2 Å². The Hall–Kier alpha value is -1.34. The highest BCUT2D eigenvalue weighted by Crippen LogP contribution is 2.35. The number of carboxylic acids is 1. The van der Waals surface area contributed by atoms with E-state index in [1.807, 2.05) is 0 Å². The van der Waals surface area contributed by atoms with Crippen LogP contribution in [0.4, 0.5) is 0 Å². The molecule has 0 aliphatic rings. The number of carbonyl (C=O) groups is 2. The normalized spacial score (nSPS) is 10.7. The lowest BCUT2D eigenvalue weighted by atomic mass is 10.2. The molecule has 0 heterocycles. The number of hydrogen-bond acceptors (Lipinski definition) is 3. The van der Waals surface area contributed by atoms with Crippen molar-refractivity contribution in [3.8, 4) is 5.75 Å². The molecule has 0 fully saturated rings. The van der Waals surface area contributed by atoms with E-state index in [4.69, 9.17) is 9.84 Å². The maximum Gasteiger partial charge on any atom is 0.328 e. The Labute approximate surface area is 139 Å². The van der Waals surface area contributed by atoms with E-state index < -0.39 is 5.97 Å². The Morgan fingerprint density at radius 1 is 1.29 bits per heavy atom. The Morgan fingerprint density at radius 2 is 1.86 bits per heavy atom. The smallest absolute Gasteiger partial charge is 0.328 e. The fraction of sp³-hybridized carbons (Fsp3) is 0.286. The van der Waals surface area contributed by atoms with E-state index in [9.17, 15) is 9.59 Å². The lowest BCUT2D eigenvalue weighted by Crippen LogP contribution is -2.23. The third-order valence-corrected chi connectivity index (χ3v) is 3.68. The van der Waals surface area contributed by atoms with E-state index in [1.54, 1.807) is 26.2 Å². The number of carbonyl (C=O) groups excluding carboxylic acids is 1. The largest absolute Gasteiger partial charge is 0.491 e. The number of hydrogen-bond donors (Lipinski definition) is 1. The first-order valence-electron chi connectivity index (χ1n) is 6.04. The van der Waals surface area contributed by atoms with Crippen LogP contribution >= 0.6 is 31.9 Å². The molecule has 0 aliphatic heterocycles. The maximum absolute atomic E-state index is 11.5. The third kappa shape index (κ3) is 5.89. The molecular weight excluding hydrogens is 406 g/mol. The topological polar surface area (TPSA) is 66.8 Å². The second-order valence-electron chi connectivity index (χ2n) is 4.37. The SMILES string of the molecule is CN(C)C(=O)CCOc1c(Br)cc(/C=C/C(=O)O)cc1Br. The molecule has 1 aromatic carbocycles. The molecule has 1 N–H and O–H groups in total. The zero-order chi connectivity index (χ0) is 16.0. The van der Waals surface area contributed by atoms with E-state index in [0.717, 1.165) is 6.08 Å². The van der Waals surface area contributed by atoms with E-state index in [2.05, 4.69) is 31.9 Å². The summed E-state index contributed by atoms with van der Waals surface area (Å²) in [6.07, 6.45) is 2.83. The Balaban J connectivity index is 2.76. The molecule has 1 rings (SSSR count). The first-order valence-corrected chi connectivity index (χ1v) is 7.63. The van der Waals surface area contributed by atoms with Gasteiger partial charge in [-0.05, 0) is 55.6 Å². The zero-order valence-electron chi connectivity index (χ0n) is 11.6. The molecule has 0 aromatic heterocycles. The monoisotopic (exact) mass is 419 g/mol. The number of rotatable bonds is 6. The van der Waals surface area contributed by atoms with Gasteiger partial charge in [0.1, 0.15) is 5.75 Å². The highest BCUT2D eigenvalue weighted by molar-refractivity contribution is 9.11. The second-order valence-corrected chi connectivity index (χ2v) is 6.08. The van der Waals surface area contributed by atoms with Crippen LogP contribution in [0.15, 0.2) is 27.2 Å². The number of carboxylic acid groups (broad SMARTS) is 1. The van der Waals surface area contributed by atoms with Crippen LogP contribution in [0, 0.1) is 0 Å². The molecule has 0 aliphatic carbocycles. The minimum absolute atomic E-state index is 0.0109. The molecular formula is C14H15Br2NO4. The molecule has 0 radical (unpaired) electrons. The van der Waals surface area contributed by atoms with Gasteiger partial charge < -0.3 is 14.7 Å². The lowest BCUT2D eigenvalue weighted by molar-refractivity contribution is -0.131. The van der Waals surface area contributed by atoms with Gasteiger partial charge in [0.2, 0.25) is 5.91 Å². The van der Waals surface area contributed by atoms with Crippen LogP contribution < -0.4 is 4.74 Å². The standard InChI is InChI=1S/C14H15Br2NO4/c1-17(2)12(18)5-6-21-14-10(15)7-9(8-11(14)16)3-4-13(19)20/h3-4,7-8H,5-6H2,1-2H3,(H,19,20)/b4-3+. The van der Waals surface area contributed by atoms with Crippen LogP contribution in [-0.4, -0.2) is 42.6 Å². The van der Waals surface area contributed by atoms with Crippen molar-refractivity contribution in [2.24, 2.45) is 0 Å². The van der Waals surface area contributed by atoms with Crippen molar-refractivity contribution < 1.29 is 19.4 Å². The van der Waals surface area contributed by atoms with Crippen LogP contribution in [0.1, 0.15) is 12.0 Å². The van der Waals surface area contributed by atoms with E-state index in [-0.39, 0.29) is 18.9 Å². The van der Waals surface area contributed by atoms with Crippen molar-refractivity contribution in [3.63, 3.8) is 0 Å². The number of amides is 1. The van der Waals surface area contributed by atoms with Crippen molar-refractivity contribution in [1.29, 1.82) is 0 Å². The number of ether oxygens (including phenoxy) is 1. The van der Waals surface area contributed by atoms with Gasteiger partial charge in [-0.15, -0.1) is 0 Å². The quantitative estimate of drug-likeness (QED) is 0.717. The predicted octanol–water partition coefficient (Wildman–Crippen LogP) is 3.17. The number of aliphatic carboxylic acids is 1. The molecule has 0 atom stereocenters. The number of nitrogens with zero attached hydrogens (tertiary/aromatic N) is 1. The van der Waals surface area contributed by atoms with Crippen molar-refractivity contribution in [2.45, 2.75) is 6.42 Å². The summed E-state index contributed by atoms with van der Waals surface area (Å²) in [5.74, 6) is -0.443. The molecule has 0 saturated heterocycles. The maximum atomic E-state index is 11.5. The molecule has 1 aromatic rings. The van der Waals surface area contributed by atoms with Crippen LogP contribution in [0.5, 0.6) is 5.75 Å². The zero-order valence-corrected chi connectivity index (χ0v) is 14.8. The van der Waals surface area contributed by atoms with Crippen molar-refractivity contribution in [1.82, 2.24) is 4.90 Å².